The van der Waals surface area contributed by atoms with Crippen molar-refractivity contribution in [3.8, 4) is 27.5 Å². The van der Waals surface area contributed by atoms with Crippen molar-refractivity contribution in [1.82, 2.24) is 14.8 Å². The summed E-state index contributed by atoms with van der Waals surface area (Å²) >= 11 is 1.23. The van der Waals surface area contributed by atoms with E-state index in [1.165, 1.54) is 35.6 Å². The topological polar surface area (TPSA) is 128 Å². The molecule has 0 aliphatic heterocycles. The molecule has 8 nitrogen and oxygen atoms in total. The van der Waals surface area contributed by atoms with Gasteiger partial charge in [0.05, 0.1) is 16.3 Å². The van der Waals surface area contributed by atoms with Crippen LogP contribution in [0, 0.1) is 5.92 Å². The number of hydrogen-bond acceptors (Lipinski definition) is 6. The van der Waals surface area contributed by atoms with Crippen LogP contribution < -0.4 is 5.14 Å². The molecule has 1 fully saturated rings. The summed E-state index contributed by atoms with van der Waals surface area (Å²) < 4.78 is 25.3. The van der Waals surface area contributed by atoms with Gasteiger partial charge in [-0.05, 0) is 54.5 Å². The molecular weight excluding hydrogens is 569 g/mol. The van der Waals surface area contributed by atoms with Gasteiger partial charge in [-0.3, -0.25) is 0 Å². The zero-order valence-corrected chi connectivity index (χ0v) is 24.9. The molecule has 5 rings (SSSR count). The Kier molecular flexibility index (Phi) is 8.67. The number of thiazole rings is 1. The van der Waals surface area contributed by atoms with Crippen LogP contribution in [0.3, 0.4) is 0 Å². The number of aromatic carboxylic acids is 1. The molecule has 1 aliphatic carbocycles. The summed E-state index contributed by atoms with van der Waals surface area (Å²) in [6.45, 7) is 5.47. The molecule has 4 aromatic rings. The van der Waals surface area contributed by atoms with Crippen LogP contribution in [-0.2, 0) is 22.9 Å². The molecule has 10 heteroatoms. The quantitative estimate of drug-likeness (QED) is 0.178. The maximum atomic E-state index is 11.7. The van der Waals surface area contributed by atoms with E-state index in [-0.39, 0.29) is 10.6 Å². The highest BCUT2D eigenvalue weighted by atomic mass is 32.2. The minimum Gasteiger partial charge on any atom is -0.476 e. The predicted molar refractivity (Wildman–Crippen MR) is 167 cm³/mol. The standard InChI is InChI=1S/C32H32N4O4S2/c1-3-22(13-12-21(2)42(33,39)40)18-27-28(17-16-23-14-15-23)35-36(32-34-29(20-41-32)31(37)38)30(27)26-11-7-10-25(19-26)24-8-5-4-6-9-24/h3-13,19-20,23H,2,14-18H2,1H3,(H,37,38)(H2,33,39,40)/b13-12-,22-3+. The van der Waals surface area contributed by atoms with E-state index in [9.17, 15) is 18.3 Å². The number of aromatic nitrogens is 3. The lowest BCUT2D eigenvalue weighted by Gasteiger charge is -2.12. The first-order valence-corrected chi connectivity index (χ1v) is 16.1. The fourth-order valence-electron chi connectivity index (χ4n) is 4.76. The van der Waals surface area contributed by atoms with Gasteiger partial charge in [0.15, 0.2) is 5.69 Å². The Bertz CT molecular complexity index is 1800. The second-order valence-electron chi connectivity index (χ2n) is 10.3. The molecule has 2 heterocycles. The number of aryl methyl sites for hydroxylation is 1. The average Bonchev–Trinajstić information content (AvgIpc) is 3.55. The summed E-state index contributed by atoms with van der Waals surface area (Å²) in [6.07, 6.45) is 9.72. The molecule has 216 valence electrons. The van der Waals surface area contributed by atoms with Gasteiger partial charge in [-0.2, -0.15) is 5.10 Å². The zero-order chi connectivity index (χ0) is 29.9. The summed E-state index contributed by atoms with van der Waals surface area (Å²) in [5.41, 5.74) is 6.56. The van der Waals surface area contributed by atoms with Crippen LogP contribution in [0.2, 0.25) is 0 Å². The SMILES string of the molecule is C=C(/C=C\C(=C/C)Cc1c(CCC2CC2)nn(-c2nc(C(=O)O)cs2)c1-c1cccc(-c2ccccc2)c1)S(N)(=O)=O. The van der Waals surface area contributed by atoms with Gasteiger partial charge in [-0.1, -0.05) is 80.1 Å². The highest BCUT2D eigenvalue weighted by Gasteiger charge is 2.26. The van der Waals surface area contributed by atoms with E-state index in [4.69, 9.17) is 10.2 Å². The first-order valence-electron chi connectivity index (χ1n) is 13.6. The molecule has 42 heavy (non-hydrogen) atoms. The Balaban J connectivity index is 1.67. The lowest BCUT2D eigenvalue weighted by Crippen LogP contribution is -2.12. The molecule has 0 bridgehead atoms. The third-order valence-electron chi connectivity index (χ3n) is 7.29. The van der Waals surface area contributed by atoms with E-state index in [0.717, 1.165) is 52.1 Å². The van der Waals surface area contributed by atoms with E-state index in [2.05, 4.69) is 35.8 Å². The Morgan fingerprint density at radius 3 is 2.48 bits per heavy atom. The number of carboxylic acid groups (broad SMARTS) is 1. The van der Waals surface area contributed by atoms with Gasteiger partial charge in [0.1, 0.15) is 0 Å². The number of carbonyl (C=O) groups is 1. The minimum atomic E-state index is -3.90. The van der Waals surface area contributed by atoms with Gasteiger partial charge in [-0.25, -0.2) is 28.0 Å². The van der Waals surface area contributed by atoms with Gasteiger partial charge >= 0.3 is 5.97 Å². The summed E-state index contributed by atoms with van der Waals surface area (Å²) in [4.78, 5) is 15.9. The number of hydrogen-bond donors (Lipinski definition) is 2. The molecule has 0 atom stereocenters. The van der Waals surface area contributed by atoms with Crippen LogP contribution in [0.15, 0.2) is 95.3 Å². The van der Waals surface area contributed by atoms with Crippen molar-refractivity contribution < 1.29 is 18.3 Å². The Labute approximate surface area is 249 Å². The second-order valence-corrected chi connectivity index (χ2v) is 12.8. The van der Waals surface area contributed by atoms with Crippen molar-refractivity contribution in [3.63, 3.8) is 0 Å². The molecule has 2 aromatic heterocycles. The van der Waals surface area contributed by atoms with Crippen molar-refractivity contribution in [3.05, 3.63) is 112 Å². The first-order chi connectivity index (χ1) is 20.1. The van der Waals surface area contributed by atoms with Crippen LogP contribution in [0.1, 0.15) is 47.9 Å². The molecule has 0 spiro atoms. The van der Waals surface area contributed by atoms with E-state index in [1.807, 2.05) is 43.3 Å². The van der Waals surface area contributed by atoms with Crippen molar-refractivity contribution in [2.24, 2.45) is 11.1 Å². The maximum absolute atomic E-state index is 11.7. The molecule has 0 radical (unpaired) electrons. The molecule has 1 saturated carbocycles. The van der Waals surface area contributed by atoms with Crippen molar-refractivity contribution in [2.45, 2.75) is 39.0 Å². The molecule has 0 unspecified atom stereocenters. The van der Waals surface area contributed by atoms with Crippen LogP contribution in [0.5, 0.6) is 0 Å². The van der Waals surface area contributed by atoms with Gasteiger partial charge in [0.2, 0.25) is 15.2 Å². The first kappa shape index (κ1) is 29.4. The zero-order valence-electron chi connectivity index (χ0n) is 23.2. The maximum Gasteiger partial charge on any atom is 0.355 e. The molecule has 2 aromatic carbocycles. The molecule has 3 N–H and O–H groups in total. The van der Waals surface area contributed by atoms with E-state index in [1.54, 1.807) is 10.8 Å². The van der Waals surface area contributed by atoms with Crippen LogP contribution in [0.4, 0.5) is 0 Å². The third kappa shape index (κ3) is 6.84. The number of carboxylic acids is 1. The number of benzene rings is 2. The normalized spacial score (nSPS) is 14.0. The van der Waals surface area contributed by atoms with Gasteiger partial charge in [0.25, 0.3) is 0 Å². The fraction of sp³-hybridized carbons (Fsp3) is 0.219. The van der Waals surface area contributed by atoms with Crippen LogP contribution in [0.25, 0.3) is 27.5 Å². The number of nitrogens with zero attached hydrogens (tertiary/aromatic N) is 3. The van der Waals surface area contributed by atoms with Gasteiger partial charge in [0, 0.05) is 22.9 Å². The summed E-state index contributed by atoms with van der Waals surface area (Å²) in [7, 11) is -3.90. The van der Waals surface area contributed by atoms with Crippen molar-refractivity contribution in [2.75, 3.05) is 0 Å². The highest BCUT2D eigenvalue weighted by Crippen LogP contribution is 2.38. The van der Waals surface area contributed by atoms with Gasteiger partial charge in [-0.15, -0.1) is 11.3 Å². The lowest BCUT2D eigenvalue weighted by molar-refractivity contribution is 0.0691. The van der Waals surface area contributed by atoms with E-state index in [0.29, 0.717) is 17.5 Å². The largest absolute Gasteiger partial charge is 0.476 e. The van der Waals surface area contributed by atoms with E-state index >= 15 is 0 Å². The third-order valence-corrected chi connectivity index (χ3v) is 8.97. The monoisotopic (exact) mass is 600 g/mol. The molecule has 0 amide bonds. The second kappa shape index (κ2) is 12.4. The summed E-state index contributed by atoms with van der Waals surface area (Å²) in [6, 6.07) is 18.3. The Hall–Kier alpha value is -4.12. The minimum absolute atomic E-state index is 0.0332. The fourth-order valence-corrected chi connectivity index (χ4v) is 5.77. The van der Waals surface area contributed by atoms with Crippen LogP contribution >= 0.6 is 11.3 Å². The van der Waals surface area contributed by atoms with Crippen LogP contribution in [-0.4, -0.2) is 34.3 Å². The highest BCUT2D eigenvalue weighted by molar-refractivity contribution is 7.93. The summed E-state index contributed by atoms with van der Waals surface area (Å²) in [5, 5.41) is 21.8. The lowest BCUT2D eigenvalue weighted by atomic mass is 9.94. The summed E-state index contributed by atoms with van der Waals surface area (Å²) in [5.74, 6) is -0.409. The van der Waals surface area contributed by atoms with E-state index < -0.39 is 16.0 Å². The molecular formula is C32H32N4O4S2. The number of sulfonamides is 1. The number of primary sulfonamides is 1. The number of rotatable bonds is 12. The average molecular weight is 601 g/mol. The number of nitrogens with two attached hydrogens (primary N) is 1. The van der Waals surface area contributed by atoms with Crippen molar-refractivity contribution >= 4 is 27.3 Å². The predicted octanol–water partition coefficient (Wildman–Crippen LogP) is 6.55. The Morgan fingerprint density at radius 1 is 1.12 bits per heavy atom. The molecule has 0 saturated heterocycles. The number of allylic oxidation sites excluding steroid dienone is 4. The van der Waals surface area contributed by atoms with Gasteiger partial charge < -0.3 is 5.11 Å². The smallest absolute Gasteiger partial charge is 0.355 e. The van der Waals surface area contributed by atoms with Crippen molar-refractivity contribution in [1.29, 1.82) is 0 Å². The molecule has 1 aliphatic rings. The Morgan fingerprint density at radius 2 is 1.83 bits per heavy atom.